The van der Waals surface area contributed by atoms with E-state index in [9.17, 15) is 19.2 Å². The van der Waals surface area contributed by atoms with Gasteiger partial charge < -0.3 is 20.7 Å². The zero-order valence-electron chi connectivity index (χ0n) is 25.2. The van der Waals surface area contributed by atoms with Gasteiger partial charge in [0, 0.05) is 21.5 Å². The van der Waals surface area contributed by atoms with E-state index in [0.717, 1.165) is 16.0 Å². The van der Waals surface area contributed by atoms with Crippen molar-refractivity contribution in [1.82, 2.24) is 10.3 Å². The van der Waals surface area contributed by atoms with Crippen LogP contribution in [0.5, 0.6) is 0 Å². The Balaban J connectivity index is 1.44. The highest BCUT2D eigenvalue weighted by atomic mass is 32.2. The summed E-state index contributed by atoms with van der Waals surface area (Å²) in [5.74, 6) is -1.49. The van der Waals surface area contributed by atoms with Gasteiger partial charge in [0.05, 0.1) is 24.0 Å². The molecule has 3 N–H and O–H groups in total. The lowest BCUT2D eigenvalue weighted by Gasteiger charge is -2.15. The van der Waals surface area contributed by atoms with E-state index < -0.39 is 17.1 Å². The number of nitrogens with one attached hydrogen (secondary N) is 3. The maximum Gasteiger partial charge on any atom is 0.311 e. The molecule has 0 saturated heterocycles. The van der Waals surface area contributed by atoms with Crippen LogP contribution in [0.2, 0.25) is 0 Å². The molecule has 0 bridgehead atoms. The first-order valence-corrected chi connectivity index (χ1v) is 16.1. The molecule has 0 saturated carbocycles. The van der Waals surface area contributed by atoms with Gasteiger partial charge in [-0.3, -0.25) is 19.2 Å². The summed E-state index contributed by atoms with van der Waals surface area (Å²) in [6.07, 6.45) is 2.22. The molecule has 1 aromatic heterocycles. The summed E-state index contributed by atoms with van der Waals surface area (Å²) in [5, 5.41) is 10.2. The van der Waals surface area contributed by atoms with E-state index in [1.165, 1.54) is 23.1 Å². The maximum atomic E-state index is 13.5. The molecule has 9 nitrogen and oxygen atoms in total. The Morgan fingerprint density at radius 3 is 2.42 bits per heavy atom. The zero-order chi connectivity index (χ0) is 32.2. The highest BCUT2D eigenvalue weighted by Crippen LogP contribution is 2.29. The molecule has 3 amide bonds. The van der Waals surface area contributed by atoms with E-state index in [-0.39, 0.29) is 24.0 Å². The van der Waals surface area contributed by atoms with Gasteiger partial charge in [0.2, 0.25) is 5.91 Å². The quantitative estimate of drug-likeness (QED) is 0.0866. The topological polar surface area (TPSA) is 126 Å². The molecule has 1 atom stereocenters. The summed E-state index contributed by atoms with van der Waals surface area (Å²) in [6, 6.07) is 23.4. The number of hydrogen-bond donors (Lipinski definition) is 3. The molecule has 0 radical (unpaired) electrons. The molecule has 11 heteroatoms. The summed E-state index contributed by atoms with van der Waals surface area (Å²) in [7, 11) is 0. The van der Waals surface area contributed by atoms with Crippen molar-refractivity contribution in [3.8, 4) is 0 Å². The Kier molecular flexibility index (Phi) is 12.1. The number of thiazole rings is 1. The van der Waals surface area contributed by atoms with Gasteiger partial charge in [0.15, 0.2) is 5.13 Å². The van der Waals surface area contributed by atoms with Crippen LogP contribution >= 0.6 is 23.1 Å². The third-order valence-electron chi connectivity index (χ3n) is 6.36. The van der Waals surface area contributed by atoms with Crippen LogP contribution in [-0.4, -0.2) is 40.5 Å². The summed E-state index contributed by atoms with van der Waals surface area (Å²) < 4.78 is 4.96. The second kappa shape index (κ2) is 16.4. The minimum atomic E-state index is -0.491. The van der Waals surface area contributed by atoms with E-state index in [2.05, 4.69) is 20.9 Å². The highest BCUT2D eigenvalue weighted by molar-refractivity contribution is 8.00. The number of hydrogen-bond acceptors (Lipinski definition) is 8. The Bertz CT molecular complexity index is 1670. The summed E-state index contributed by atoms with van der Waals surface area (Å²) in [5.41, 5.74) is 3.39. The number of nitrogens with zero attached hydrogens (tertiary/aromatic N) is 1. The molecule has 3 aromatic carbocycles. The standard InChI is InChI=1S/C34H34N4O5S2/c1-4-29(33(42)38-34-36-26(21-44-34)20-30(39)43-5-2)45-27-13-9-12-25(19-27)35-32(41)28(18-23-16-14-22(3)15-17-23)37-31(40)24-10-7-6-8-11-24/h6-19,21,29H,4-5,20H2,1-3H3,(H,35,41)(H,37,40)(H,36,38,42)/b28-18-. The van der Waals surface area contributed by atoms with Crippen molar-refractivity contribution in [3.63, 3.8) is 0 Å². The molecule has 0 aliphatic rings. The Hall–Kier alpha value is -4.74. The number of thioether (sulfide) groups is 1. The molecule has 0 aliphatic carbocycles. The number of aryl methyl sites for hydroxylation is 1. The average molecular weight is 643 g/mol. The molecule has 1 unspecified atom stereocenters. The molecule has 45 heavy (non-hydrogen) atoms. The fourth-order valence-corrected chi connectivity index (χ4v) is 5.82. The fraction of sp³-hybridized carbons (Fsp3) is 0.206. The van der Waals surface area contributed by atoms with Crippen molar-refractivity contribution in [2.24, 2.45) is 0 Å². The molecule has 4 rings (SSSR count). The van der Waals surface area contributed by atoms with Crippen molar-refractivity contribution in [2.75, 3.05) is 17.2 Å². The van der Waals surface area contributed by atoms with Crippen molar-refractivity contribution in [1.29, 1.82) is 0 Å². The molecular formula is C34H34N4O5S2. The molecule has 0 aliphatic heterocycles. The minimum absolute atomic E-state index is 0.0442. The lowest BCUT2D eigenvalue weighted by atomic mass is 10.1. The van der Waals surface area contributed by atoms with E-state index in [4.69, 9.17) is 4.74 Å². The first kappa shape index (κ1) is 33.2. The van der Waals surface area contributed by atoms with E-state index in [0.29, 0.717) is 35.1 Å². The van der Waals surface area contributed by atoms with Crippen LogP contribution in [0.25, 0.3) is 6.08 Å². The summed E-state index contributed by atoms with van der Waals surface area (Å²) in [6.45, 7) is 5.92. The Morgan fingerprint density at radius 1 is 0.956 bits per heavy atom. The molecule has 0 fully saturated rings. The lowest BCUT2D eigenvalue weighted by molar-refractivity contribution is -0.142. The second-order valence-electron chi connectivity index (χ2n) is 9.90. The number of anilines is 2. The zero-order valence-corrected chi connectivity index (χ0v) is 26.8. The Labute approximate surface area is 270 Å². The predicted octanol–water partition coefficient (Wildman–Crippen LogP) is 6.48. The number of rotatable bonds is 13. The summed E-state index contributed by atoms with van der Waals surface area (Å²) in [4.78, 5) is 56.3. The smallest absolute Gasteiger partial charge is 0.311 e. The van der Waals surface area contributed by atoms with Crippen molar-refractivity contribution in [2.45, 2.75) is 43.8 Å². The van der Waals surface area contributed by atoms with Gasteiger partial charge in [-0.25, -0.2) is 4.98 Å². The van der Waals surface area contributed by atoms with Crippen molar-refractivity contribution < 1.29 is 23.9 Å². The second-order valence-corrected chi connectivity index (χ2v) is 12.0. The molecule has 4 aromatic rings. The van der Waals surface area contributed by atoms with Gasteiger partial charge in [0.1, 0.15) is 5.70 Å². The van der Waals surface area contributed by atoms with Gasteiger partial charge >= 0.3 is 5.97 Å². The number of carbonyl (C=O) groups is 4. The number of benzene rings is 3. The maximum absolute atomic E-state index is 13.5. The number of aromatic nitrogens is 1. The lowest BCUT2D eigenvalue weighted by Crippen LogP contribution is -2.30. The number of carbonyl (C=O) groups excluding carboxylic acids is 4. The van der Waals surface area contributed by atoms with Crippen LogP contribution in [-0.2, 0) is 25.5 Å². The van der Waals surface area contributed by atoms with Crippen LogP contribution < -0.4 is 16.0 Å². The van der Waals surface area contributed by atoms with Gasteiger partial charge in [0.25, 0.3) is 11.8 Å². The molecule has 0 spiro atoms. The molecule has 232 valence electrons. The first-order chi connectivity index (χ1) is 21.7. The van der Waals surface area contributed by atoms with E-state index in [1.807, 2.05) is 50.2 Å². The van der Waals surface area contributed by atoms with Crippen molar-refractivity contribution in [3.05, 3.63) is 112 Å². The monoisotopic (exact) mass is 642 g/mol. The minimum Gasteiger partial charge on any atom is -0.466 e. The van der Waals surface area contributed by atoms with Crippen LogP contribution in [0.3, 0.4) is 0 Å². The van der Waals surface area contributed by atoms with Gasteiger partial charge in [-0.15, -0.1) is 23.1 Å². The first-order valence-electron chi connectivity index (χ1n) is 14.4. The van der Waals surface area contributed by atoms with Crippen LogP contribution in [0.15, 0.2) is 94.8 Å². The molecular weight excluding hydrogens is 609 g/mol. The van der Waals surface area contributed by atoms with Crippen LogP contribution in [0.1, 0.15) is 47.4 Å². The van der Waals surface area contributed by atoms with Crippen LogP contribution in [0, 0.1) is 6.92 Å². The fourth-order valence-electron chi connectivity index (χ4n) is 4.10. The normalized spacial score (nSPS) is 11.8. The Morgan fingerprint density at radius 2 is 1.71 bits per heavy atom. The van der Waals surface area contributed by atoms with E-state index >= 15 is 0 Å². The largest absolute Gasteiger partial charge is 0.466 e. The van der Waals surface area contributed by atoms with Gasteiger partial charge in [-0.05, 0) is 62.2 Å². The summed E-state index contributed by atoms with van der Waals surface area (Å²) >= 11 is 2.60. The van der Waals surface area contributed by atoms with E-state index in [1.54, 1.807) is 60.8 Å². The SMILES string of the molecule is CCOC(=O)Cc1csc(NC(=O)C(CC)Sc2cccc(NC(=O)/C(=C/c3ccc(C)cc3)NC(=O)c3ccccc3)c2)n1. The van der Waals surface area contributed by atoms with Gasteiger partial charge in [-0.2, -0.15) is 0 Å². The van der Waals surface area contributed by atoms with Gasteiger partial charge in [-0.1, -0.05) is 61.0 Å². The van der Waals surface area contributed by atoms with Crippen LogP contribution in [0.4, 0.5) is 10.8 Å². The molecule has 1 heterocycles. The third-order valence-corrected chi connectivity index (χ3v) is 8.53. The predicted molar refractivity (Wildman–Crippen MR) is 179 cm³/mol. The number of ether oxygens (including phenoxy) is 1. The highest BCUT2D eigenvalue weighted by Gasteiger charge is 2.21. The number of amides is 3. The third kappa shape index (κ3) is 10.2. The van der Waals surface area contributed by atoms with Crippen molar-refractivity contribution >= 4 is 63.7 Å². The number of esters is 1. The average Bonchev–Trinajstić information content (AvgIpc) is 3.47.